The highest BCUT2D eigenvalue weighted by molar-refractivity contribution is 5.20. The molecule has 25 heavy (non-hydrogen) atoms. The fourth-order valence-corrected chi connectivity index (χ4v) is 2.65. The molecule has 1 atom stereocenters. The molecule has 2 heterocycles. The van der Waals surface area contributed by atoms with Crippen molar-refractivity contribution in [2.75, 3.05) is 0 Å². The average Bonchev–Trinajstić information content (AvgIpc) is 3.19. The second-order valence-corrected chi connectivity index (χ2v) is 6.22. The van der Waals surface area contributed by atoms with Crippen molar-refractivity contribution in [3.05, 3.63) is 59.5 Å². The van der Waals surface area contributed by atoms with Gasteiger partial charge in [-0.15, -0.1) is 0 Å². The molecule has 0 saturated heterocycles. The lowest BCUT2D eigenvalue weighted by Gasteiger charge is -2.20. The Morgan fingerprint density at radius 2 is 2.08 bits per heavy atom. The molecule has 3 aromatic rings. The van der Waals surface area contributed by atoms with Crippen LogP contribution in [0.3, 0.4) is 0 Å². The van der Waals surface area contributed by atoms with Gasteiger partial charge in [-0.3, -0.25) is 10.00 Å². The third-order valence-electron chi connectivity index (χ3n) is 3.98. The average molecular weight is 344 g/mol. The quantitative estimate of drug-likeness (QED) is 0.709. The van der Waals surface area contributed by atoms with Gasteiger partial charge in [0.2, 0.25) is 5.89 Å². The van der Waals surface area contributed by atoms with Gasteiger partial charge in [0.1, 0.15) is 18.0 Å². The molecule has 0 aliphatic rings. The summed E-state index contributed by atoms with van der Waals surface area (Å²) in [6, 6.07) is 6.59. The van der Waals surface area contributed by atoms with Crippen molar-refractivity contribution in [3.63, 3.8) is 0 Å². The summed E-state index contributed by atoms with van der Waals surface area (Å²) in [6.45, 7) is 4.60. The first-order valence-electron chi connectivity index (χ1n) is 8.16. The number of hydrogen-bond acceptors (Lipinski definition) is 6. The van der Waals surface area contributed by atoms with E-state index in [2.05, 4.69) is 39.4 Å². The molecule has 2 aromatic heterocycles. The number of nitrogens with one attached hydrogen (secondary N) is 1. The monoisotopic (exact) mass is 344 g/mol. The summed E-state index contributed by atoms with van der Waals surface area (Å²) in [4.78, 5) is 8.63. The summed E-state index contributed by atoms with van der Waals surface area (Å²) in [5, 5.41) is 11.4. The van der Waals surface area contributed by atoms with Gasteiger partial charge in [-0.25, -0.2) is 9.37 Å². The summed E-state index contributed by atoms with van der Waals surface area (Å²) in [5.41, 5.74) is 0.543. The Hall–Kier alpha value is -2.61. The van der Waals surface area contributed by atoms with Crippen LogP contribution in [0.4, 0.5) is 4.39 Å². The Balaban J connectivity index is 1.65. The van der Waals surface area contributed by atoms with E-state index < -0.39 is 0 Å². The molecule has 0 fully saturated rings. The minimum Gasteiger partial charge on any atom is -0.338 e. The van der Waals surface area contributed by atoms with Crippen LogP contribution in [-0.4, -0.2) is 24.9 Å². The summed E-state index contributed by atoms with van der Waals surface area (Å²) in [5.74, 6) is 1.81. The number of rotatable bonds is 7. The van der Waals surface area contributed by atoms with Gasteiger partial charge in [0.25, 0.3) is 0 Å². The van der Waals surface area contributed by atoms with Crippen molar-refractivity contribution in [3.8, 4) is 0 Å². The zero-order valence-electron chi connectivity index (χ0n) is 14.5. The fourth-order valence-electron chi connectivity index (χ4n) is 2.65. The standard InChI is InChI=1S/C17H21FN6O/c1-11(2)16(17-20-10-21-24(17)3)19-9-15-22-14(23-25-15)8-12-6-4-5-7-13(12)18/h4-7,10-11,16,19H,8-9H2,1-3H3/t16-/m0/s1. The van der Waals surface area contributed by atoms with Crippen LogP contribution >= 0.6 is 0 Å². The molecule has 0 aliphatic carbocycles. The maximum Gasteiger partial charge on any atom is 0.240 e. The Kier molecular flexibility index (Phi) is 5.18. The molecule has 1 N–H and O–H groups in total. The molecule has 0 spiro atoms. The summed E-state index contributed by atoms with van der Waals surface area (Å²) in [7, 11) is 1.86. The molecule has 7 nitrogen and oxygen atoms in total. The number of benzene rings is 1. The van der Waals surface area contributed by atoms with Crippen molar-refractivity contribution in [1.82, 2.24) is 30.2 Å². The predicted octanol–water partition coefficient (Wildman–Crippen LogP) is 2.41. The lowest BCUT2D eigenvalue weighted by Crippen LogP contribution is -2.28. The lowest BCUT2D eigenvalue weighted by molar-refractivity contribution is 0.325. The zero-order valence-corrected chi connectivity index (χ0v) is 14.5. The van der Waals surface area contributed by atoms with Gasteiger partial charge in [0, 0.05) is 13.5 Å². The van der Waals surface area contributed by atoms with E-state index in [1.165, 1.54) is 12.4 Å². The molecule has 132 valence electrons. The first kappa shape index (κ1) is 17.2. The van der Waals surface area contributed by atoms with E-state index in [1.807, 2.05) is 7.05 Å². The zero-order chi connectivity index (χ0) is 17.8. The van der Waals surface area contributed by atoms with Gasteiger partial charge in [-0.1, -0.05) is 37.2 Å². The second-order valence-electron chi connectivity index (χ2n) is 6.22. The number of halogens is 1. The molecule has 0 saturated carbocycles. The number of aromatic nitrogens is 5. The van der Waals surface area contributed by atoms with Gasteiger partial charge in [0.15, 0.2) is 5.82 Å². The van der Waals surface area contributed by atoms with Gasteiger partial charge in [-0.05, 0) is 17.5 Å². The normalized spacial score (nSPS) is 12.7. The third-order valence-corrected chi connectivity index (χ3v) is 3.98. The molecule has 0 bridgehead atoms. The topological polar surface area (TPSA) is 81.7 Å². The number of hydrogen-bond donors (Lipinski definition) is 1. The molecule has 1 aromatic carbocycles. The fraction of sp³-hybridized carbons (Fsp3) is 0.412. The first-order valence-corrected chi connectivity index (χ1v) is 8.16. The van der Waals surface area contributed by atoms with Crippen molar-refractivity contribution >= 4 is 0 Å². The van der Waals surface area contributed by atoms with Crippen molar-refractivity contribution < 1.29 is 8.91 Å². The van der Waals surface area contributed by atoms with E-state index in [0.717, 1.165) is 5.82 Å². The Bertz CT molecular complexity index is 828. The van der Waals surface area contributed by atoms with E-state index in [4.69, 9.17) is 4.52 Å². The van der Waals surface area contributed by atoms with Gasteiger partial charge in [-0.2, -0.15) is 10.1 Å². The second kappa shape index (κ2) is 7.52. The van der Waals surface area contributed by atoms with Gasteiger partial charge < -0.3 is 4.52 Å². The van der Waals surface area contributed by atoms with E-state index in [-0.39, 0.29) is 11.9 Å². The Morgan fingerprint density at radius 1 is 1.28 bits per heavy atom. The van der Waals surface area contributed by atoms with E-state index in [0.29, 0.717) is 36.2 Å². The first-order chi connectivity index (χ1) is 12.0. The Labute approximate surface area is 145 Å². The minimum absolute atomic E-state index is 0.00872. The maximum absolute atomic E-state index is 13.7. The van der Waals surface area contributed by atoms with Crippen molar-refractivity contribution in [2.24, 2.45) is 13.0 Å². The summed E-state index contributed by atoms with van der Waals surface area (Å²) < 4.78 is 20.7. The largest absolute Gasteiger partial charge is 0.338 e. The predicted molar refractivity (Wildman–Crippen MR) is 88.9 cm³/mol. The molecule has 0 aliphatic heterocycles. The molecular weight excluding hydrogens is 323 g/mol. The molecule has 8 heteroatoms. The SMILES string of the molecule is CC(C)[C@H](NCc1nc(Cc2ccccc2F)no1)c1ncnn1C. The maximum atomic E-state index is 13.7. The smallest absolute Gasteiger partial charge is 0.240 e. The van der Waals surface area contributed by atoms with E-state index in [9.17, 15) is 4.39 Å². The summed E-state index contributed by atoms with van der Waals surface area (Å²) in [6.07, 6.45) is 1.83. The lowest BCUT2D eigenvalue weighted by atomic mass is 10.0. The van der Waals surface area contributed by atoms with Crippen LogP contribution in [0, 0.1) is 11.7 Å². The van der Waals surface area contributed by atoms with Crippen LogP contribution in [0.2, 0.25) is 0 Å². The van der Waals surface area contributed by atoms with Crippen LogP contribution < -0.4 is 5.32 Å². The van der Waals surface area contributed by atoms with Crippen LogP contribution in [0.25, 0.3) is 0 Å². The van der Waals surface area contributed by atoms with Crippen LogP contribution in [-0.2, 0) is 20.0 Å². The molecule has 3 rings (SSSR count). The van der Waals surface area contributed by atoms with E-state index >= 15 is 0 Å². The highest BCUT2D eigenvalue weighted by atomic mass is 19.1. The van der Waals surface area contributed by atoms with Gasteiger partial charge >= 0.3 is 0 Å². The molecule has 0 radical (unpaired) electrons. The van der Waals surface area contributed by atoms with Gasteiger partial charge in [0.05, 0.1) is 12.6 Å². The molecular formula is C17H21FN6O. The number of nitrogens with zero attached hydrogens (tertiary/aromatic N) is 5. The van der Waals surface area contributed by atoms with Crippen LogP contribution in [0.15, 0.2) is 35.1 Å². The Morgan fingerprint density at radius 3 is 2.76 bits per heavy atom. The van der Waals surface area contributed by atoms with Crippen LogP contribution in [0.1, 0.15) is 43.0 Å². The van der Waals surface area contributed by atoms with E-state index in [1.54, 1.807) is 22.9 Å². The highest BCUT2D eigenvalue weighted by Crippen LogP contribution is 2.19. The minimum atomic E-state index is -0.269. The third kappa shape index (κ3) is 4.08. The summed E-state index contributed by atoms with van der Waals surface area (Å²) >= 11 is 0. The molecule has 0 unspecified atom stereocenters. The molecule has 0 amide bonds. The van der Waals surface area contributed by atoms with Crippen LogP contribution in [0.5, 0.6) is 0 Å². The number of aryl methyl sites for hydroxylation is 1. The highest BCUT2D eigenvalue weighted by Gasteiger charge is 2.21. The van der Waals surface area contributed by atoms with Crippen molar-refractivity contribution in [2.45, 2.75) is 32.9 Å². The van der Waals surface area contributed by atoms with Crippen molar-refractivity contribution in [1.29, 1.82) is 0 Å².